The van der Waals surface area contributed by atoms with Crippen molar-refractivity contribution in [1.82, 2.24) is 10.3 Å². The fourth-order valence-corrected chi connectivity index (χ4v) is 3.77. The van der Waals surface area contributed by atoms with Gasteiger partial charge in [0.25, 0.3) is 5.91 Å². The summed E-state index contributed by atoms with van der Waals surface area (Å²) in [6, 6.07) is 15.6. The molecule has 3 aromatic rings. The van der Waals surface area contributed by atoms with Gasteiger partial charge in [0.2, 0.25) is 0 Å². The Bertz CT molecular complexity index is 816. The van der Waals surface area contributed by atoms with Crippen LogP contribution < -0.4 is 10.2 Å². The summed E-state index contributed by atoms with van der Waals surface area (Å²) in [7, 11) is 2.00. The van der Waals surface area contributed by atoms with Crippen molar-refractivity contribution in [3.8, 4) is 0 Å². The Labute approximate surface area is 150 Å². The maximum Gasteiger partial charge on any atom is 0.275 e. The van der Waals surface area contributed by atoms with Crippen LogP contribution in [-0.2, 0) is 17.9 Å². The van der Waals surface area contributed by atoms with E-state index in [2.05, 4.69) is 16.4 Å². The molecule has 1 amide bonds. The first-order valence-electron chi connectivity index (χ1n) is 7.77. The number of likely N-dealkylation sites (N-methyl/N-ethyl adjacent to an activating group) is 1. The second kappa shape index (κ2) is 7.75. The van der Waals surface area contributed by atoms with Gasteiger partial charge in [-0.2, -0.15) is 0 Å². The molecule has 0 aliphatic heterocycles. The summed E-state index contributed by atoms with van der Waals surface area (Å²) in [5, 5.41) is 4.64. The van der Waals surface area contributed by atoms with Crippen LogP contribution in [0.3, 0.4) is 0 Å². The van der Waals surface area contributed by atoms with Gasteiger partial charge in [0.05, 0.1) is 17.3 Å². The molecule has 1 heterocycles. The fraction of sp³-hybridized carbons (Fsp3) is 0.222. The molecule has 1 unspecified atom stereocenters. The third-order valence-corrected chi connectivity index (χ3v) is 5.09. The molecule has 2 aromatic carbocycles. The normalized spacial score (nSPS) is 12.2. The van der Waals surface area contributed by atoms with Crippen LogP contribution in [-0.4, -0.2) is 24.5 Å². The summed E-state index contributed by atoms with van der Waals surface area (Å²) < 4.78 is 1.18. The molecule has 0 radical (unpaired) electrons. The van der Waals surface area contributed by atoms with Crippen molar-refractivity contribution in [2.75, 3.05) is 13.6 Å². The van der Waals surface area contributed by atoms with Crippen molar-refractivity contribution in [2.24, 2.45) is 0 Å². The van der Waals surface area contributed by atoms with Gasteiger partial charge in [-0.1, -0.05) is 41.9 Å². The quantitative estimate of drug-likeness (QED) is 0.708. The standard InChI is InChI=1S/C18H18ClN3OS/c1-22(12-18-21-15-8-4-5-9-16(15)24-18)11-17(23)20-10-13-6-2-3-7-14(13)19/h2-9H,10-12H2,1H3,(H,20,23)/p+1. The van der Waals surface area contributed by atoms with Gasteiger partial charge in [0.1, 0.15) is 11.6 Å². The third kappa shape index (κ3) is 4.32. The summed E-state index contributed by atoms with van der Waals surface area (Å²) >= 11 is 7.78. The number of para-hydroxylation sites is 1. The van der Waals surface area contributed by atoms with E-state index in [-0.39, 0.29) is 5.91 Å². The van der Waals surface area contributed by atoms with Crippen LogP contribution in [0.4, 0.5) is 0 Å². The van der Waals surface area contributed by atoms with Crippen LogP contribution in [0.15, 0.2) is 48.5 Å². The lowest BCUT2D eigenvalue weighted by molar-refractivity contribution is -0.885. The zero-order chi connectivity index (χ0) is 16.9. The summed E-state index contributed by atoms with van der Waals surface area (Å²) in [5.41, 5.74) is 1.95. The number of thiazole rings is 1. The average molecular weight is 361 g/mol. The molecule has 124 valence electrons. The number of hydrogen-bond acceptors (Lipinski definition) is 3. The smallest absolute Gasteiger partial charge is 0.275 e. The van der Waals surface area contributed by atoms with Crippen molar-refractivity contribution in [2.45, 2.75) is 13.1 Å². The van der Waals surface area contributed by atoms with E-state index in [1.54, 1.807) is 11.3 Å². The van der Waals surface area contributed by atoms with Crippen LogP contribution in [0, 0.1) is 0 Å². The molecule has 24 heavy (non-hydrogen) atoms. The van der Waals surface area contributed by atoms with E-state index in [0.29, 0.717) is 18.1 Å². The number of aromatic nitrogens is 1. The zero-order valence-corrected chi connectivity index (χ0v) is 15.0. The van der Waals surface area contributed by atoms with Crippen LogP contribution in [0.2, 0.25) is 5.02 Å². The lowest BCUT2D eigenvalue weighted by atomic mass is 10.2. The molecule has 6 heteroatoms. The lowest BCUT2D eigenvalue weighted by Gasteiger charge is -2.12. The molecule has 0 aliphatic rings. The summed E-state index contributed by atoms with van der Waals surface area (Å²) in [5.74, 6) is 0.00790. The van der Waals surface area contributed by atoms with Gasteiger partial charge in [-0.3, -0.25) is 4.79 Å². The van der Waals surface area contributed by atoms with Gasteiger partial charge in [-0.05, 0) is 23.8 Å². The Kier molecular flexibility index (Phi) is 5.45. The summed E-state index contributed by atoms with van der Waals surface area (Å²) in [4.78, 5) is 17.8. The first-order valence-corrected chi connectivity index (χ1v) is 8.97. The minimum atomic E-state index is 0.00790. The van der Waals surface area contributed by atoms with E-state index in [9.17, 15) is 4.79 Å². The van der Waals surface area contributed by atoms with Crippen molar-refractivity contribution in [3.63, 3.8) is 0 Å². The van der Waals surface area contributed by atoms with Gasteiger partial charge in [-0.25, -0.2) is 4.98 Å². The lowest BCUT2D eigenvalue weighted by Crippen LogP contribution is -3.08. The van der Waals surface area contributed by atoms with Gasteiger partial charge in [0.15, 0.2) is 6.54 Å². The van der Waals surface area contributed by atoms with Crippen LogP contribution in [0.25, 0.3) is 10.2 Å². The number of fused-ring (bicyclic) bond motifs is 1. The highest BCUT2D eigenvalue weighted by Crippen LogP contribution is 2.20. The van der Waals surface area contributed by atoms with Crippen LogP contribution >= 0.6 is 22.9 Å². The highest BCUT2D eigenvalue weighted by Gasteiger charge is 2.13. The molecule has 0 spiro atoms. The molecule has 0 fully saturated rings. The third-order valence-electron chi connectivity index (χ3n) is 3.69. The average Bonchev–Trinajstić information content (AvgIpc) is 2.96. The highest BCUT2D eigenvalue weighted by molar-refractivity contribution is 7.18. The first kappa shape index (κ1) is 16.9. The number of rotatable bonds is 6. The van der Waals surface area contributed by atoms with Crippen molar-refractivity contribution < 1.29 is 9.69 Å². The van der Waals surface area contributed by atoms with Crippen molar-refractivity contribution in [1.29, 1.82) is 0 Å². The molecule has 0 saturated heterocycles. The molecule has 2 N–H and O–H groups in total. The topological polar surface area (TPSA) is 46.4 Å². The maximum absolute atomic E-state index is 12.1. The molecular weight excluding hydrogens is 342 g/mol. The molecule has 0 saturated carbocycles. The van der Waals surface area contributed by atoms with Crippen LogP contribution in [0.5, 0.6) is 0 Å². The second-order valence-electron chi connectivity index (χ2n) is 5.75. The molecular formula is C18H19ClN3OS+. The predicted molar refractivity (Wildman–Crippen MR) is 98.4 cm³/mol. The molecule has 0 aliphatic carbocycles. The largest absolute Gasteiger partial charge is 0.347 e. The number of carbonyl (C=O) groups is 1. The van der Waals surface area contributed by atoms with Crippen LogP contribution in [0.1, 0.15) is 10.6 Å². The van der Waals surface area contributed by atoms with E-state index in [4.69, 9.17) is 11.6 Å². The monoisotopic (exact) mass is 360 g/mol. The Balaban J connectivity index is 1.51. The van der Waals surface area contributed by atoms with E-state index >= 15 is 0 Å². The van der Waals surface area contributed by atoms with Gasteiger partial charge in [0, 0.05) is 11.6 Å². The predicted octanol–water partition coefficient (Wildman–Crippen LogP) is 2.28. The van der Waals surface area contributed by atoms with E-state index in [1.165, 1.54) is 4.70 Å². The Morgan fingerprint density at radius 3 is 2.75 bits per heavy atom. The number of hydrogen-bond donors (Lipinski definition) is 2. The number of halogens is 1. The van der Waals surface area contributed by atoms with E-state index in [1.807, 2.05) is 49.5 Å². The van der Waals surface area contributed by atoms with E-state index in [0.717, 1.165) is 27.5 Å². The number of carbonyl (C=O) groups excluding carboxylic acids is 1. The van der Waals surface area contributed by atoms with Gasteiger partial charge >= 0.3 is 0 Å². The van der Waals surface area contributed by atoms with E-state index < -0.39 is 0 Å². The fourth-order valence-electron chi connectivity index (χ4n) is 2.49. The Morgan fingerprint density at radius 1 is 1.21 bits per heavy atom. The molecule has 4 nitrogen and oxygen atoms in total. The molecule has 0 bridgehead atoms. The maximum atomic E-state index is 12.1. The molecule has 1 atom stereocenters. The summed E-state index contributed by atoms with van der Waals surface area (Å²) in [6.45, 7) is 1.59. The van der Waals surface area contributed by atoms with Gasteiger partial charge in [-0.15, -0.1) is 11.3 Å². The first-order chi connectivity index (χ1) is 11.6. The SMILES string of the molecule is C[NH+](CC(=O)NCc1ccccc1Cl)Cc1nc2ccccc2s1. The number of quaternary nitrogens is 1. The number of nitrogens with zero attached hydrogens (tertiary/aromatic N) is 1. The number of benzene rings is 2. The minimum absolute atomic E-state index is 0.00790. The number of amides is 1. The zero-order valence-electron chi connectivity index (χ0n) is 13.4. The minimum Gasteiger partial charge on any atom is -0.347 e. The van der Waals surface area contributed by atoms with Gasteiger partial charge < -0.3 is 10.2 Å². The van der Waals surface area contributed by atoms with Crippen molar-refractivity contribution >= 4 is 39.1 Å². The highest BCUT2D eigenvalue weighted by atomic mass is 35.5. The second-order valence-corrected chi connectivity index (χ2v) is 7.28. The number of nitrogens with one attached hydrogen (secondary N) is 2. The Morgan fingerprint density at radius 2 is 1.96 bits per heavy atom. The molecule has 3 rings (SSSR count). The Hall–Kier alpha value is -1.95. The molecule has 1 aromatic heterocycles. The van der Waals surface area contributed by atoms with Crippen molar-refractivity contribution in [3.05, 3.63) is 64.1 Å². The summed E-state index contributed by atoms with van der Waals surface area (Å²) in [6.07, 6.45) is 0.